The van der Waals surface area contributed by atoms with Crippen molar-refractivity contribution in [1.29, 1.82) is 0 Å². The second-order valence-electron chi connectivity index (χ2n) is 5.13. The number of anilines is 1. The van der Waals surface area contributed by atoms with Crippen LogP contribution in [0.15, 0.2) is 0 Å². The fourth-order valence-corrected chi connectivity index (χ4v) is 3.53. The summed E-state index contributed by atoms with van der Waals surface area (Å²) < 4.78 is 1.77. The summed E-state index contributed by atoms with van der Waals surface area (Å²) in [4.78, 5) is 13.2. The molecule has 7 heteroatoms. The number of rotatable bonds is 4. The molecular weight excluding hydrogens is 276 g/mol. The molecule has 1 aliphatic heterocycles. The second kappa shape index (κ2) is 6.47. The molecule has 6 nitrogen and oxygen atoms in total. The Kier molecular flexibility index (Phi) is 4.91. The average molecular weight is 298 g/mol. The molecular formula is C13H22N4O2S. The molecule has 0 amide bonds. The number of aromatic nitrogens is 2. The minimum atomic E-state index is -0.289. The maximum absolute atomic E-state index is 11.4. The lowest BCUT2D eigenvalue weighted by molar-refractivity contribution is -0.384. The number of nitro groups is 1. The fourth-order valence-electron chi connectivity index (χ4n) is 2.79. The minimum Gasteiger partial charge on any atom is -0.350 e. The molecule has 0 saturated carbocycles. The highest BCUT2D eigenvalue weighted by Crippen LogP contribution is 2.34. The monoisotopic (exact) mass is 298 g/mol. The molecule has 1 fully saturated rings. The summed E-state index contributed by atoms with van der Waals surface area (Å²) in [5.41, 5.74) is 0.686. The van der Waals surface area contributed by atoms with E-state index in [0.29, 0.717) is 23.3 Å². The van der Waals surface area contributed by atoms with E-state index < -0.39 is 0 Å². The van der Waals surface area contributed by atoms with Crippen molar-refractivity contribution >= 4 is 23.3 Å². The quantitative estimate of drug-likeness (QED) is 0.632. The van der Waals surface area contributed by atoms with Gasteiger partial charge in [0.05, 0.1) is 4.92 Å². The zero-order chi connectivity index (χ0) is 14.7. The molecule has 1 aliphatic rings. The first-order valence-corrected chi connectivity index (χ1v) is 8.36. The van der Waals surface area contributed by atoms with Crippen molar-refractivity contribution in [2.75, 3.05) is 24.2 Å². The highest BCUT2D eigenvalue weighted by molar-refractivity contribution is 7.99. The normalized spacial score (nSPS) is 19.9. The van der Waals surface area contributed by atoms with Gasteiger partial charge in [-0.3, -0.25) is 10.1 Å². The molecule has 0 spiro atoms. The van der Waals surface area contributed by atoms with E-state index >= 15 is 0 Å². The minimum absolute atomic E-state index is 0.175. The van der Waals surface area contributed by atoms with Crippen molar-refractivity contribution in [2.45, 2.75) is 44.9 Å². The Balaban J connectivity index is 2.41. The second-order valence-corrected chi connectivity index (χ2v) is 6.27. The molecule has 2 heterocycles. The van der Waals surface area contributed by atoms with E-state index in [9.17, 15) is 10.1 Å². The molecule has 1 aromatic heterocycles. The molecule has 1 saturated heterocycles. The summed E-state index contributed by atoms with van der Waals surface area (Å²) in [7, 11) is 0. The number of nitrogens with zero attached hydrogens (tertiary/aromatic N) is 4. The van der Waals surface area contributed by atoms with E-state index in [-0.39, 0.29) is 10.6 Å². The lowest BCUT2D eigenvalue weighted by Crippen LogP contribution is -2.31. The molecule has 1 aromatic rings. The summed E-state index contributed by atoms with van der Waals surface area (Å²) in [6.07, 6.45) is 5.58. The van der Waals surface area contributed by atoms with Gasteiger partial charge in [0.1, 0.15) is 5.69 Å². The molecule has 2 rings (SSSR count). The number of aryl methyl sites for hydroxylation is 2. The van der Waals surface area contributed by atoms with Gasteiger partial charge in [-0.05, 0) is 32.9 Å². The third-order valence-corrected chi connectivity index (χ3v) is 4.86. The van der Waals surface area contributed by atoms with Crippen LogP contribution >= 0.6 is 11.8 Å². The lowest BCUT2D eigenvalue weighted by atomic mass is 10.2. The molecule has 20 heavy (non-hydrogen) atoms. The first-order valence-electron chi connectivity index (χ1n) is 7.08. The summed E-state index contributed by atoms with van der Waals surface area (Å²) in [6, 6.07) is 0. The van der Waals surface area contributed by atoms with E-state index in [4.69, 9.17) is 0 Å². The highest BCUT2D eigenvalue weighted by Gasteiger charge is 2.31. The van der Waals surface area contributed by atoms with E-state index in [1.165, 1.54) is 12.8 Å². The van der Waals surface area contributed by atoms with E-state index in [1.54, 1.807) is 11.6 Å². The predicted octanol–water partition coefficient (Wildman–Crippen LogP) is 2.84. The van der Waals surface area contributed by atoms with Crippen LogP contribution in [0.1, 0.15) is 31.9 Å². The summed E-state index contributed by atoms with van der Waals surface area (Å²) in [5, 5.41) is 16.2. The topological polar surface area (TPSA) is 64.2 Å². The Morgan fingerprint density at radius 2 is 2.25 bits per heavy atom. The summed E-state index contributed by atoms with van der Waals surface area (Å²) in [6.45, 7) is 6.10. The predicted molar refractivity (Wildman–Crippen MR) is 82.7 cm³/mol. The van der Waals surface area contributed by atoms with Gasteiger partial charge in [0.15, 0.2) is 0 Å². The van der Waals surface area contributed by atoms with Gasteiger partial charge in [-0.1, -0.05) is 6.42 Å². The van der Waals surface area contributed by atoms with Crippen molar-refractivity contribution in [1.82, 2.24) is 9.78 Å². The van der Waals surface area contributed by atoms with Crippen LogP contribution in [0.25, 0.3) is 0 Å². The average Bonchev–Trinajstić information content (AvgIpc) is 2.61. The van der Waals surface area contributed by atoms with Crippen LogP contribution in [-0.2, 0) is 6.54 Å². The third-order valence-electron chi connectivity index (χ3n) is 3.81. The number of hydrogen-bond donors (Lipinski definition) is 0. The zero-order valence-corrected chi connectivity index (χ0v) is 13.2. The van der Waals surface area contributed by atoms with Crippen molar-refractivity contribution in [3.8, 4) is 0 Å². The third kappa shape index (κ3) is 2.92. The van der Waals surface area contributed by atoms with Crippen molar-refractivity contribution in [3.63, 3.8) is 0 Å². The van der Waals surface area contributed by atoms with Gasteiger partial charge in [0.2, 0.25) is 5.82 Å². The van der Waals surface area contributed by atoms with Crippen LogP contribution in [0.4, 0.5) is 11.5 Å². The van der Waals surface area contributed by atoms with Gasteiger partial charge in [0.25, 0.3) is 0 Å². The number of thioether (sulfide) groups is 1. The largest absolute Gasteiger partial charge is 0.350 e. The van der Waals surface area contributed by atoms with Crippen LogP contribution < -0.4 is 4.90 Å². The lowest BCUT2D eigenvalue weighted by Gasteiger charge is -2.25. The van der Waals surface area contributed by atoms with E-state index in [0.717, 1.165) is 19.5 Å². The molecule has 0 aliphatic carbocycles. The van der Waals surface area contributed by atoms with Gasteiger partial charge in [0, 0.05) is 24.9 Å². The van der Waals surface area contributed by atoms with Crippen molar-refractivity contribution in [2.24, 2.45) is 0 Å². The maximum atomic E-state index is 11.4. The Morgan fingerprint density at radius 1 is 1.50 bits per heavy atom. The van der Waals surface area contributed by atoms with Gasteiger partial charge in [-0.2, -0.15) is 16.9 Å². The van der Waals surface area contributed by atoms with E-state index in [2.05, 4.69) is 16.3 Å². The fraction of sp³-hybridized carbons (Fsp3) is 0.769. The van der Waals surface area contributed by atoms with Crippen LogP contribution in [0.3, 0.4) is 0 Å². The zero-order valence-electron chi connectivity index (χ0n) is 12.3. The molecule has 0 N–H and O–H groups in total. The molecule has 112 valence electrons. The van der Waals surface area contributed by atoms with Gasteiger partial charge in [-0.25, -0.2) is 4.68 Å². The SMILES string of the molecule is CCn1nc(C)c([N+](=O)[O-])c1N1CCCC[C@@H](SC)C1. The van der Waals surface area contributed by atoms with Crippen molar-refractivity contribution < 1.29 is 4.92 Å². The van der Waals surface area contributed by atoms with Gasteiger partial charge >= 0.3 is 5.69 Å². The smallest absolute Gasteiger partial charge is 0.333 e. The van der Waals surface area contributed by atoms with Gasteiger partial charge in [-0.15, -0.1) is 0 Å². The Labute approximate surface area is 123 Å². The molecule has 0 aromatic carbocycles. The molecule has 0 radical (unpaired) electrons. The van der Waals surface area contributed by atoms with E-state index in [1.807, 2.05) is 18.7 Å². The van der Waals surface area contributed by atoms with Crippen LogP contribution in [0, 0.1) is 17.0 Å². The molecule has 1 atom stereocenters. The van der Waals surface area contributed by atoms with Crippen LogP contribution in [-0.4, -0.2) is 39.3 Å². The van der Waals surface area contributed by atoms with Crippen molar-refractivity contribution in [3.05, 3.63) is 15.8 Å². The molecule has 0 unspecified atom stereocenters. The Morgan fingerprint density at radius 3 is 2.85 bits per heavy atom. The maximum Gasteiger partial charge on any atom is 0.333 e. The highest BCUT2D eigenvalue weighted by atomic mass is 32.2. The van der Waals surface area contributed by atoms with Crippen LogP contribution in [0.5, 0.6) is 0 Å². The first-order chi connectivity index (χ1) is 9.58. The molecule has 0 bridgehead atoms. The summed E-state index contributed by atoms with van der Waals surface area (Å²) >= 11 is 1.85. The van der Waals surface area contributed by atoms with Gasteiger partial charge < -0.3 is 4.90 Å². The van der Waals surface area contributed by atoms with Crippen LogP contribution in [0.2, 0.25) is 0 Å². The summed E-state index contributed by atoms with van der Waals surface area (Å²) in [5.74, 6) is 0.691. The first kappa shape index (κ1) is 15.2. The Bertz CT molecular complexity index is 489. The number of hydrogen-bond acceptors (Lipinski definition) is 5. The standard InChI is InChI=1S/C13H22N4O2S/c1-4-16-13(12(17(18)19)10(2)14-16)15-8-6-5-7-11(9-15)20-3/h11H,4-9H2,1-3H3/t11-/m1/s1. The Hall–Kier alpha value is -1.24.